The zero-order valence-electron chi connectivity index (χ0n) is 21.0. The highest BCUT2D eigenvalue weighted by molar-refractivity contribution is 6.04. The van der Waals surface area contributed by atoms with E-state index in [0.717, 1.165) is 65.5 Å². The number of unbranched alkanes of at least 4 members (excludes halogenated alkanes) is 3. The smallest absolute Gasteiger partial charge is 0.258 e. The number of imidazole rings is 1. The molecule has 37 heavy (non-hydrogen) atoms. The molecule has 3 aromatic carbocycles. The molecule has 0 radical (unpaired) electrons. The van der Waals surface area contributed by atoms with E-state index in [1.807, 2.05) is 89.4 Å². The molecule has 0 saturated carbocycles. The minimum Gasteiger partial charge on any atom is -0.396 e. The molecule has 7 nitrogen and oxygen atoms in total. The Morgan fingerprint density at radius 1 is 0.919 bits per heavy atom. The molecule has 0 aliphatic heterocycles. The van der Waals surface area contributed by atoms with Gasteiger partial charge in [-0.3, -0.25) is 19.4 Å². The Bertz CT molecular complexity index is 1500. The lowest BCUT2D eigenvalue weighted by molar-refractivity contribution is 0.102. The number of carbonyl (C=O) groups is 1. The van der Waals surface area contributed by atoms with Gasteiger partial charge in [0.25, 0.3) is 5.91 Å². The molecule has 0 unspecified atom stereocenters. The molecule has 5 rings (SSSR count). The summed E-state index contributed by atoms with van der Waals surface area (Å²) in [5, 5.41) is 17.4. The van der Waals surface area contributed by atoms with Gasteiger partial charge < -0.3 is 5.11 Å². The third-order valence-corrected chi connectivity index (χ3v) is 6.56. The number of aromatic nitrogens is 4. The van der Waals surface area contributed by atoms with Gasteiger partial charge in [0, 0.05) is 36.5 Å². The van der Waals surface area contributed by atoms with Gasteiger partial charge in [0.1, 0.15) is 0 Å². The van der Waals surface area contributed by atoms with Crippen molar-refractivity contribution in [2.45, 2.75) is 32.1 Å². The Balaban J connectivity index is 1.37. The van der Waals surface area contributed by atoms with E-state index in [1.54, 1.807) is 0 Å². The highest BCUT2D eigenvalue weighted by Gasteiger charge is 2.15. The van der Waals surface area contributed by atoms with Crippen LogP contribution in [0, 0.1) is 0 Å². The first kappa shape index (κ1) is 24.5. The number of aryl methyl sites for hydroxylation is 2. The number of carbonyl (C=O) groups excluding carboxylic acids is 1. The number of nitrogens with one attached hydrogen (secondary N) is 1. The molecule has 1 amide bonds. The van der Waals surface area contributed by atoms with E-state index in [2.05, 4.69) is 22.5 Å². The van der Waals surface area contributed by atoms with Crippen molar-refractivity contribution in [2.75, 3.05) is 11.9 Å². The predicted molar refractivity (Wildman–Crippen MR) is 147 cm³/mol. The van der Waals surface area contributed by atoms with Gasteiger partial charge in [0.2, 0.25) is 5.95 Å². The predicted octanol–water partition coefficient (Wildman–Crippen LogP) is 5.77. The average molecular weight is 494 g/mol. The first-order valence-electron chi connectivity index (χ1n) is 12.7. The largest absolute Gasteiger partial charge is 0.396 e. The zero-order valence-corrected chi connectivity index (χ0v) is 21.0. The molecule has 2 heterocycles. The van der Waals surface area contributed by atoms with E-state index in [-0.39, 0.29) is 12.5 Å². The van der Waals surface area contributed by atoms with Crippen LogP contribution in [0.5, 0.6) is 0 Å². The molecule has 0 bridgehead atoms. The van der Waals surface area contributed by atoms with Gasteiger partial charge in [-0.15, -0.1) is 0 Å². The van der Waals surface area contributed by atoms with E-state index in [4.69, 9.17) is 10.1 Å². The molecular weight excluding hydrogens is 462 g/mol. The average Bonchev–Trinajstić information content (AvgIpc) is 3.51. The molecule has 5 aromatic rings. The number of amides is 1. The number of aliphatic hydroxyl groups excluding tert-OH is 1. The molecule has 0 saturated heterocycles. The highest BCUT2D eigenvalue weighted by atomic mass is 16.2. The molecule has 0 aliphatic carbocycles. The first-order chi connectivity index (χ1) is 18.1. The molecule has 188 valence electrons. The summed E-state index contributed by atoms with van der Waals surface area (Å²) in [6.45, 7) is 0.234. The third-order valence-electron chi connectivity index (χ3n) is 6.56. The summed E-state index contributed by atoms with van der Waals surface area (Å²) in [6, 6.07) is 23.7. The van der Waals surface area contributed by atoms with E-state index < -0.39 is 0 Å². The van der Waals surface area contributed by atoms with Crippen LogP contribution in [0.3, 0.4) is 0 Å². The Hall–Kier alpha value is -4.23. The van der Waals surface area contributed by atoms with Gasteiger partial charge in [0.05, 0.1) is 17.4 Å². The molecule has 2 aromatic heterocycles. The fourth-order valence-corrected chi connectivity index (χ4v) is 4.55. The van der Waals surface area contributed by atoms with Crippen molar-refractivity contribution >= 4 is 22.8 Å². The highest BCUT2D eigenvalue weighted by Crippen LogP contribution is 2.26. The second-order valence-corrected chi connectivity index (χ2v) is 9.23. The summed E-state index contributed by atoms with van der Waals surface area (Å²) >= 11 is 0. The normalized spacial score (nSPS) is 11.2. The minimum absolute atomic E-state index is 0.207. The molecule has 0 aliphatic rings. The SMILES string of the molecule is Cn1ncc2cc(-c3cccc(C(=O)Nc4nc(CCCCCCO)cn4-c4ccccc4)c3)ccc21. The van der Waals surface area contributed by atoms with Crippen LogP contribution in [0.15, 0.2) is 85.2 Å². The number of hydrogen-bond acceptors (Lipinski definition) is 4. The van der Waals surface area contributed by atoms with E-state index >= 15 is 0 Å². The number of aliphatic hydroxyl groups is 1. The van der Waals surface area contributed by atoms with Gasteiger partial charge in [-0.25, -0.2) is 4.98 Å². The zero-order chi connectivity index (χ0) is 25.6. The van der Waals surface area contributed by atoms with Crippen LogP contribution in [0.4, 0.5) is 5.95 Å². The maximum Gasteiger partial charge on any atom is 0.258 e. The molecule has 7 heteroatoms. The Morgan fingerprint density at radius 2 is 1.73 bits per heavy atom. The van der Waals surface area contributed by atoms with Crippen molar-refractivity contribution in [1.29, 1.82) is 0 Å². The lowest BCUT2D eigenvalue weighted by Gasteiger charge is -2.10. The van der Waals surface area contributed by atoms with Crippen molar-refractivity contribution in [3.8, 4) is 16.8 Å². The van der Waals surface area contributed by atoms with Crippen molar-refractivity contribution in [2.24, 2.45) is 7.05 Å². The maximum atomic E-state index is 13.3. The molecule has 0 atom stereocenters. The fraction of sp³-hybridized carbons (Fsp3) is 0.233. The molecule has 0 spiro atoms. The minimum atomic E-state index is -0.207. The van der Waals surface area contributed by atoms with Gasteiger partial charge in [-0.2, -0.15) is 5.10 Å². The molecule has 0 fully saturated rings. The van der Waals surface area contributed by atoms with Crippen LogP contribution in [0.25, 0.3) is 27.7 Å². The van der Waals surface area contributed by atoms with E-state index in [0.29, 0.717) is 11.5 Å². The number of rotatable bonds is 10. The molecule has 2 N–H and O–H groups in total. The van der Waals surface area contributed by atoms with Gasteiger partial charge in [-0.05, 0) is 66.8 Å². The summed E-state index contributed by atoms with van der Waals surface area (Å²) in [5.41, 5.74) is 5.50. The van der Waals surface area contributed by atoms with Crippen LogP contribution >= 0.6 is 0 Å². The van der Waals surface area contributed by atoms with Crippen LogP contribution in [0.1, 0.15) is 41.7 Å². The first-order valence-corrected chi connectivity index (χ1v) is 12.7. The van der Waals surface area contributed by atoms with Gasteiger partial charge >= 0.3 is 0 Å². The monoisotopic (exact) mass is 493 g/mol. The van der Waals surface area contributed by atoms with Crippen molar-refractivity contribution in [3.05, 3.63) is 96.4 Å². The van der Waals surface area contributed by atoms with Crippen molar-refractivity contribution < 1.29 is 9.90 Å². The summed E-state index contributed by atoms with van der Waals surface area (Å²) in [5.74, 6) is 0.297. The third kappa shape index (κ3) is 5.62. The Kier molecular flexibility index (Phi) is 7.42. The van der Waals surface area contributed by atoms with Gasteiger partial charge in [0.15, 0.2) is 0 Å². The lowest BCUT2D eigenvalue weighted by Crippen LogP contribution is -2.15. The quantitative estimate of drug-likeness (QED) is 0.242. The summed E-state index contributed by atoms with van der Waals surface area (Å²) < 4.78 is 3.78. The Labute approximate surface area is 216 Å². The number of benzene rings is 3. The van der Waals surface area contributed by atoms with Crippen molar-refractivity contribution in [3.63, 3.8) is 0 Å². The van der Waals surface area contributed by atoms with Gasteiger partial charge in [-0.1, -0.05) is 49.2 Å². The van der Waals surface area contributed by atoms with Crippen LogP contribution in [0.2, 0.25) is 0 Å². The topological polar surface area (TPSA) is 85.0 Å². The number of nitrogens with zero attached hydrogens (tertiary/aromatic N) is 4. The number of fused-ring (bicyclic) bond motifs is 1. The van der Waals surface area contributed by atoms with Crippen molar-refractivity contribution in [1.82, 2.24) is 19.3 Å². The second kappa shape index (κ2) is 11.2. The standard InChI is InChI=1S/C30H31N5O2/c1-34-28-16-15-23(19-25(28)20-31-34)22-10-9-11-24(18-22)29(37)33-30-32-26(12-5-2-3-8-17-36)21-35(30)27-13-6-4-7-14-27/h4,6-7,9-11,13-16,18-21,36H,2-3,5,8,12,17H2,1H3,(H,32,33,37). The second-order valence-electron chi connectivity index (χ2n) is 9.23. The Morgan fingerprint density at radius 3 is 2.57 bits per heavy atom. The van der Waals surface area contributed by atoms with Crippen LogP contribution < -0.4 is 5.32 Å². The number of anilines is 1. The van der Waals surface area contributed by atoms with E-state index in [1.165, 1.54) is 0 Å². The summed E-state index contributed by atoms with van der Waals surface area (Å²) in [4.78, 5) is 18.1. The van der Waals surface area contributed by atoms with Crippen LogP contribution in [-0.4, -0.2) is 37.0 Å². The lowest BCUT2D eigenvalue weighted by atomic mass is 10.0. The maximum absolute atomic E-state index is 13.3. The number of hydrogen-bond donors (Lipinski definition) is 2. The molecular formula is C30H31N5O2. The number of para-hydroxylation sites is 1. The summed E-state index contributed by atoms with van der Waals surface area (Å²) in [6.07, 6.45) is 8.53. The fourth-order valence-electron chi connectivity index (χ4n) is 4.55. The van der Waals surface area contributed by atoms with E-state index in [9.17, 15) is 4.79 Å². The van der Waals surface area contributed by atoms with Crippen LogP contribution in [-0.2, 0) is 13.5 Å². The summed E-state index contributed by atoms with van der Waals surface area (Å²) in [7, 11) is 1.93.